The number of hydrogen-bond acceptors (Lipinski definition) is 3. The van der Waals surface area contributed by atoms with Gasteiger partial charge < -0.3 is 9.84 Å². The molecule has 0 saturated carbocycles. The summed E-state index contributed by atoms with van der Waals surface area (Å²) in [5.74, 6) is -0.530. The van der Waals surface area contributed by atoms with Crippen LogP contribution in [0.4, 0.5) is 0 Å². The van der Waals surface area contributed by atoms with E-state index >= 15 is 0 Å². The molecule has 0 radical (unpaired) electrons. The van der Waals surface area contributed by atoms with Crippen LogP contribution in [0.3, 0.4) is 0 Å². The summed E-state index contributed by atoms with van der Waals surface area (Å²) in [6.45, 7) is 0. The minimum atomic E-state index is -0.976. The molecule has 1 heterocycles. The van der Waals surface area contributed by atoms with E-state index in [1.807, 2.05) is 24.3 Å². The lowest BCUT2D eigenvalue weighted by molar-refractivity contribution is -0.129. The number of ether oxygens (including phenoxy) is 1. The Morgan fingerprint density at radius 3 is 2.67 bits per heavy atom. The Hall–Kier alpha value is -1.84. The number of carboxylic acids is 1. The molecule has 0 aromatic carbocycles. The molecule has 4 nitrogen and oxygen atoms in total. The van der Waals surface area contributed by atoms with E-state index in [1.54, 1.807) is 7.11 Å². The third-order valence-corrected chi connectivity index (χ3v) is 2.56. The molecular weight excluding hydrogens is 194 g/mol. The summed E-state index contributed by atoms with van der Waals surface area (Å²) in [5.41, 5.74) is 0.168. The largest absolute Gasteiger partial charge is 0.499 e. The van der Waals surface area contributed by atoms with Gasteiger partial charge in [-0.3, -0.25) is 0 Å². The second kappa shape index (κ2) is 3.73. The van der Waals surface area contributed by atoms with E-state index in [0.717, 1.165) is 0 Å². The van der Waals surface area contributed by atoms with E-state index in [0.29, 0.717) is 5.76 Å². The van der Waals surface area contributed by atoms with Crippen LogP contribution in [0.1, 0.15) is 0 Å². The van der Waals surface area contributed by atoms with Crippen molar-refractivity contribution < 1.29 is 14.6 Å². The molecule has 0 aromatic rings. The van der Waals surface area contributed by atoms with Crippen LogP contribution in [0.5, 0.6) is 0 Å². The highest BCUT2D eigenvalue weighted by atomic mass is 16.5. The van der Waals surface area contributed by atoms with Gasteiger partial charge in [0.15, 0.2) is 0 Å². The van der Waals surface area contributed by atoms with Gasteiger partial charge in [0.2, 0.25) is 0 Å². The number of methoxy groups -OCH3 is 1. The van der Waals surface area contributed by atoms with Crippen molar-refractivity contribution in [2.75, 3.05) is 7.11 Å². The van der Waals surface area contributed by atoms with Crippen LogP contribution in [0, 0.1) is 11.8 Å². The normalized spacial score (nSPS) is 27.8. The lowest BCUT2D eigenvalue weighted by Gasteiger charge is -2.27. The van der Waals surface area contributed by atoms with Gasteiger partial charge in [-0.25, -0.2) is 9.79 Å². The van der Waals surface area contributed by atoms with Gasteiger partial charge in [-0.15, -0.1) is 0 Å². The summed E-state index contributed by atoms with van der Waals surface area (Å²) in [5, 5.41) is 8.98. The minimum absolute atomic E-state index is 0.0383. The molecule has 4 heteroatoms. The molecule has 0 spiro atoms. The molecule has 2 aliphatic rings. The highest BCUT2D eigenvalue weighted by molar-refractivity contribution is 6.37. The van der Waals surface area contributed by atoms with Gasteiger partial charge in [0, 0.05) is 11.8 Å². The molecule has 15 heavy (non-hydrogen) atoms. The Kier molecular flexibility index (Phi) is 2.41. The van der Waals surface area contributed by atoms with Gasteiger partial charge in [0.25, 0.3) is 0 Å². The number of hydrogen-bond donors (Lipinski definition) is 1. The molecule has 0 aromatic heterocycles. The van der Waals surface area contributed by atoms with Crippen LogP contribution < -0.4 is 0 Å². The predicted molar refractivity (Wildman–Crippen MR) is 55.4 cm³/mol. The van der Waals surface area contributed by atoms with Crippen molar-refractivity contribution in [2.45, 2.75) is 0 Å². The number of nitrogens with zero attached hydrogens (tertiary/aromatic N) is 1. The molecule has 0 amide bonds. The maximum Gasteiger partial charge on any atom is 0.350 e. The molecule has 78 valence electrons. The van der Waals surface area contributed by atoms with E-state index in [-0.39, 0.29) is 17.5 Å². The zero-order chi connectivity index (χ0) is 10.8. The van der Waals surface area contributed by atoms with Gasteiger partial charge in [0.05, 0.1) is 13.3 Å². The summed E-state index contributed by atoms with van der Waals surface area (Å²) < 4.78 is 5.16. The first-order chi connectivity index (χ1) is 7.24. The third-order valence-electron chi connectivity index (χ3n) is 2.56. The summed E-state index contributed by atoms with van der Waals surface area (Å²) >= 11 is 0. The number of aliphatic carboxylic acids is 1. The Morgan fingerprint density at radius 2 is 2.07 bits per heavy atom. The number of carboxylic acid groups (broad SMARTS) is 1. The predicted octanol–water partition coefficient (Wildman–Crippen LogP) is 1.37. The number of aliphatic imine (C=N–C) groups is 1. The first-order valence-electron chi connectivity index (χ1n) is 4.64. The van der Waals surface area contributed by atoms with E-state index in [4.69, 9.17) is 9.84 Å². The first kappa shape index (κ1) is 9.71. The van der Waals surface area contributed by atoms with Crippen molar-refractivity contribution in [2.24, 2.45) is 16.8 Å². The second-order valence-electron chi connectivity index (χ2n) is 3.38. The number of allylic oxidation sites excluding steroid dienone is 4. The summed E-state index contributed by atoms with van der Waals surface area (Å²) in [4.78, 5) is 14.9. The van der Waals surface area contributed by atoms with E-state index in [9.17, 15) is 4.79 Å². The monoisotopic (exact) mass is 205 g/mol. The Labute approximate surface area is 87.3 Å². The van der Waals surface area contributed by atoms with Crippen LogP contribution in [0.25, 0.3) is 0 Å². The molecule has 2 atom stereocenters. The average molecular weight is 205 g/mol. The number of fused-ring (bicyclic) bond motifs is 1. The molecule has 0 bridgehead atoms. The lowest BCUT2D eigenvalue weighted by Crippen LogP contribution is -2.32. The summed E-state index contributed by atoms with van der Waals surface area (Å²) in [6, 6.07) is 0. The summed E-state index contributed by atoms with van der Waals surface area (Å²) in [7, 11) is 1.57. The zero-order valence-electron chi connectivity index (χ0n) is 8.25. The highest BCUT2D eigenvalue weighted by Gasteiger charge is 2.33. The van der Waals surface area contributed by atoms with Crippen molar-refractivity contribution in [3.05, 3.63) is 36.3 Å². The maximum absolute atomic E-state index is 10.9. The fourth-order valence-electron chi connectivity index (χ4n) is 1.83. The number of rotatable bonds is 2. The third kappa shape index (κ3) is 1.58. The van der Waals surface area contributed by atoms with Crippen molar-refractivity contribution in [3.8, 4) is 0 Å². The SMILES string of the molecule is COC1=CN=C(C(=O)O)C2C=CC=CC12. The topological polar surface area (TPSA) is 58.9 Å². The number of carbonyl (C=O) groups is 1. The van der Waals surface area contributed by atoms with Crippen LogP contribution in [-0.2, 0) is 9.53 Å². The first-order valence-corrected chi connectivity index (χ1v) is 4.64. The Morgan fingerprint density at radius 1 is 1.40 bits per heavy atom. The Bertz CT molecular complexity index is 404. The maximum atomic E-state index is 10.9. The smallest absolute Gasteiger partial charge is 0.350 e. The van der Waals surface area contributed by atoms with Gasteiger partial charge in [-0.2, -0.15) is 0 Å². The summed E-state index contributed by atoms with van der Waals surface area (Å²) in [6.07, 6.45) is 8.96. The van der Waals surface area contributed by atoms with E-state index in [1.165, 1.54) is 6.20 Å². The second-order valence-corrected chi connectivity index (χ2v) is 3.38. The van der Waals surface area contributed by atoms with Gasteiger partial charge in [-0.05, 0) is 0 Å². The van der Waals surface area contributed by atoms with Crippen molar-refractivity contribution in [1.82, 2.24) is 0 Å². The van der Waals surface area contributed by atoms with Crippen molar-refractivity contribution >= 4 is 11.7 Å². The molecule has 0 saturated heterocycles. The quantitative estimate of drug-likeness (QED) is 0.740. The van der Waals surface area contributed by atoms with Gasteiger partial charge in [-0.1, -0.05) is 24.3 Å². The fourth-order valence-corrected chi connectivity index (χ4v) is 1.83. The van der Waals surface area contributed by atoms with Gasteiger partial charge >= 0.3 is 5.97 Å². The molecular formula is C11H11NO3. The molecule has 1 aliphatic heterocycles. The minimum Gasteiger partial charge on any atom is -0.499 e. The molecule has 1 N–H and O–H groups in total. The molecule has 0 fully saturated rings. The molecule has 1 aliphatic carbocycles. The molecule has 2 rings (SSSR count). The van der Waals surface area contributed by atoms with Crippen LogP contribution in [-0.4, -0.2) is 23.9 Å². The van der Waals surface area contributed by atoms with Gasteiger partial charge in [0.1, 0.15) is 11.5 Å². The standard InChI is InChI=1S/C11H11NO3/c1-15-9-6-12-10(11(13)14)8-5-3-2-4-7(8)9/h2-8H,1H3,(H,13,14). The lowest BCUT2D eigenvalue weighted by atomic mass is 9.82. The van der Waals surface area contributed by atoms with E-state index in [2.05, 4.69) is 4.99 Å². The van der Waals surface area contributed by atoms with Crippen molar-refractivity contribution in [3.63, 3.8) is 0 Å². The molecule has 2 unspecified atom stereocenters. The fraction of sp³-hybridized carbons (Fsp3) is 0.273. The average Bonchev–Trinajstić information content (AvgIpc) is 2.27. The van der Waals surface area contributed by atoms with Crippen LogP contribution >= 0.6 is 0 Å². The highest BCUT2D eigenvalue weighted by Crippen LogP contribution is 2.31. The Balaban J connectivity index is 2.40. The zero-order valence-corrected chi connectivity index (χ0v) is 8.25. The van der Waals surface area contributed by atoms with Crippen LogP contribution in [0.15, 0.2) is 41.3 Å². The van der Waals surface area contributed by atoms with Crippen LogP contribution in [0.2, 0.25) is 0 Å². The van der Waals surface area contributed by atoms with E-state index < -0.39 is 5.97 Å². The van der Waals surface area contributed by atoms with Crippen molar-refractivity contribution in [1.29, 1.82) is 0 Å².